The molecule has 0 aliphatic rings. The first kappa shape index (κ1) is 15.2. The number of aromatic nitrogens is 1. The normalized spacial score (nSPS) is 12.0. The summed E-state index contributed by atoms with van der Waals surface area (Å²) < 4.78 is 37.7. The Morgan fingerprint density at radius 1 is 1.42 bits per heavy atom. The molecule has 1 aromatic rings. The van der Waals surface area contributed by atoms with Crippen molar-refractivity contribution in [1.29, 1.82) is 0 Å². The molecule has 1 heterocycles. The monoisotopic (exact) mass is 273 g/mol. The number of unbranched alkanes of at least 4 members (excludes halogenated alkanes) is 1. The number of carboxylic acids is 1. The van der Waals surface area contributed by atoms with Gasteiger partial charge in [0.15, 0.2) is 0 Å². The van der Waals surface area contributed by atoms with Gasteiger partial charge < -0.3 is 5.11 Å². The second-order valence-corrected chi connectivity index (χ2v) is 4.01. The maximum absolute atomic E-state index is 12.6. The van der Waals surface area contributed by atoms with Crippen LogP contribution in [0.25, 0.3) is 6.08 Å². The number of hydrogen-bond acceptors (Lipinski definition) is 2. The summed E-state index contributed by atoms with van der Waals surface area (Å²) in [5.41, 5.74) is -0.274. The Bertz CT molecular complexity index is 481. The maximum atomic E-state index is 12.6. The Labute approximate surface area is 108 Å². The smallest absolute Gasteiger partial charge is 0.433 e. The number of rotatable bonds is 5. The van der Waals surface area contributed by atoms with Gasteiger partial charge in [0.2, 0.25) is 0 Å². The van der Waals surface area contributed by atoms with Gasteiger partial charge in [0.05, 0.1) is 0 Å². The van der Waals surface area contributed by atoms with Crippen LogP contribution in [0.3, 0.4) is 0 Å². The van der Waals surface area contributed by atoms with Gasteiger partial charge in [-0.2, -0.15) is 13.2 Å². The fraction of sp³-hybridized carbons (Fsp3) is 0.385. The highest BCUT2D eigenvalue weighted by molar-refractivity contribution is 5.85. The lowest BCUT2D eigenvalue weighted by atomic mass is 10.1. The molecular formula is C13H14F3NO2. The summed E-state index contributed by atoms with van der Waals surface area (Å²) in [6, 6.07) is 2.11. The predicted octanol–water partition coefficient (Wildman–Crippen LogP) is 3.54. The summed E-state index contributed by atoms with van der Waals surface area (Å²) in [5.74, 6) is -1.15. The lowest BCUT2D eigenvalue weighted by molar-refractivity contribution is -0.141. The zero-order chi connectivity index (χ0) is 14.5. The third-order valence-electron chi connectivity index (χ3n) is 2.47. The summed E-state index contributed by atoms with van der Waals surface area (Å²) >= 11 is 0. The molecule has 0 spiro atoms. The Morgan fingerprint density at radius 2 is 2.11 bits per heavy atom. The average molecular weight is 273 g/mol. The molecule has 1 aromatic heterocycles. The van der Waals surface area contributed by atoms with Gasteiger partial charge in [-0.3, -0.25) is 0 Å². The van der Waals surface area contributed by atoms with E-state index in [4.69, 9.17) is 5.11 Å². The van der Waals surface area contributed by atoms with E-state index >= 15 is 0 Å². The van der Waals surface area contributed by atoms with Crippen LogP contribution in [0, 0.1) is 0 Å². The van der Waals surface area contributed by atoms with E-state index < -0.39 is 17.8 Å². The number of pyridine rings is 1. The first-order valence-corrected chi connectivity index (χ1v) is 5.82. The van der Waals surface area contributed by atoms with Gasteiger partial charge in [-0.25, -0.2) is 9.78 Å². The van der Waals surface area contributed by atoms with Crippen molar-refractivity contribution in [2.75, 3.05) is 0 Å². The van der Waals surface area contributed by atoms with E-state index in [1.807, 2.05) is 6.92 Å². The van der Waals surface area contributed by atoms with Gasteiger partial charge in [0, 0.05) is 11.8 Å². The Balaban J connectivity index is 3.12. The first-order chi connectivity index (χ1) is 8.84. The standard InChI is InChI=1S/C13H14F3NO2/c1-2-3-4-10-9(6-8-12(18)19)5-7-11(17-10)13(14,15)16/h5-8H,2-4H2,1H3,(H,18,19)/b8-6+. The van der Waals surface area contributed by atoms with Crippen LogP contribution in [0.1, 0.15) is 36.7 Å². The van der Waals surface area contributed by atoms with Crippen molar-refractivity contribution in [3.8, 4) is 0 Å². The van der Waals surface area contributed by atoms with Crippen molar-refractivity contribution in [2.24, 2.45) is 0 Å². The van der Waals surface area contributed by atoms with Crippen LogP contribution < -0.4 is 0 Å². The van der Waals surface area contributed by atoms with Gasteiger partial charge in [-0.05, 0) is 30.5 Å². The molecule has 0 aliphatic carbocycles. The number of nitrogens with zero attached hydrogens (tertiary/aromatic N) is 1. The van der Waals surface area contributed by atoms with Gasteiger partial charge in [0.25, 0.3) is 0 Å². The minimum Gasteiger partial charge on any atom is -0.478 e. The summed E-state index contributed by atoms with van der Waals surface area (Å²) in [7, 11) is 0. The Kier molecular flexibility index (Phi) is 5.09. The predicted molar refractivity (Wildman–Crippen MR) is 64.5 cm³/mol. The zero-order valence-electron chi connectivity index (χ0n) is 10.4. The summed E-state index contributed by atoms with van der Waals surface area (Å²) in [6.45, 7) is 1.92. The van der Waals surface area contributed by atoms with Crippen molar-refractivity contribution >= 4 is 12.0 Å². The van der Waals surface area contributed by atoms with Crippen molar-refractivity contribution in [3.63, 3.8) is 0 Å². The van der Waals surface area contributed by atoms with Crippen LogP contribution in [0.2, 0.25) is 0 Å². The van der Waals surface area contributed by atoms with Crippen LogP contribution in [-0.4, -0.2) is 16.1 Å². The highest BCUT2D eigenvalue weighted by atomic mass is 19.4. The molecule has 0 unspecified atom stereocenters. The number of carboxylic acid groups (broad SMARTS) is 1. The SMILES string of the molecule is CCCCc1nc(C(F)(F)F)ccc1/C=C/C(=O)O. The molecule has 0 aliphatic heterocycles. The van der Waals surface area contributed by atoms with Crippen molar-refractivity contribution in [1.82, 2.24) is 4.98 Å². The summed E-state index contributed by atoms with van der Waals surface area (Å²) in [5, 5.41) is 8.54. The minimum atomic E-state index is -4.49. The fourth-order valence-corrected chi connectivity index (χ4v) is 1.53. The highest BCUT2D eigenvalue weighted by Gasteiger charge is 2.32. The molecule has 0 bridgehead atoms. The largest absolute Gasteiger partial charge is 0.478 e. The summed E-state index contributed by atoms with van der Waals surface area (Å²) in [4.78, 5) is 14.0. The number of carbonyl (C=O) groups is 1. The lowest BCUT2D eigenvalue weighted by Gasteiger charge is -2.10. The van der Waals surface area contributed by atoms with Crippen LogP contribution in [0.5, 0.6) is 0 Å². The van der Waals surface area contributed by atoms with Crippen molar-refractivity contribution in [2.45, 2.75) is 32.4 Å². The fourth-order valence-electron chi connectivity index (χ4n) is 1.53. The zero-order valence-corrected chi connectivity index (χ0v) is 10.4. The van der Waals surface area contributed by atoms with E-state index in [1.54, 1.807) is 0 Å². The van der Waals surface area contributed by atoms with E-state index in [2.05, 4.69) is 4.98 Å². The topological polar surface area (TPSA) is 50.2 Å². The molecular weight excluding hydrogens is 259 g/mol. The van der Waals surface area contributed by atoms with E-state index in [0.29, 0.717) is 18.4 Å². The molecule has 0 amide bonds. The maximum Gasteiger partial charge on any atom is 0.433 e. The molecule has 3 nitrogen and oxygen atoms in total. The van der Waals surface area contributed by atoms with Gasteiger partial charge in [-0.1, -0.05) is 19.4 Å². The quantitative estimate of drug-likeness (QED) is 0.835. The number of aliphatic carboxylic acids is 1. The molecule has 1 N–H and O–H groups in total. The third kappa shape index (κ3) is 4.73. The number of aryl methyl sites for hydroxylation is 1. The van der Waals surface area contributed by atoms with Crippen LogP contribution in [-0.2, 0) is 17.4 Å². The second-order valence-electron chi connectivity index (χ2n) is 4.01. The average Bonchev–Trinajstić information content (AvgIpc) is 2.32. The van der Waals surface area contributed by atoms with Crippen LogP contribution in [0.4, 0.5) is 13.2 Å². The number of halogens is 3. The molecule has 6 heteroatoms. The Morgan fingerprint density at radius 3 is 2.63 bits per heavy atom. The van der Waals surface area contributed by atoms with Gasteiger partial charge >= 0.3 is 12.1 Å². The molecule has 0 fully saturated rings. The van der Waals surface area contributed by atoms with E-state index in [0.717, 1.165) is 18.6 Å². The third-order valence-corrected chi connectivity index (χ3v) is 2.47. The molecule has 0 aromatic carbocycles. The molecule has 0 saturated carbocycles. The number of alkyl halides is 3. The van der Waals surface area contributed by atoms with Crippen LogP contribution in [0.15, 0.2) is 18.2 Å². The highest BCUT2D eigenvalue weighted by Crippen LogP contribution is 2.28. The number of hydrogen-bond donors (Lipinski definition) is 1. The first-order valence-electron chi connectivity index (χ1n) is 5.82. The summed E-state index contributed by atoms with van der Waals surface area (Å²) in [6.07, 6.45) is -0.432. The van der Waals surface area contributed by atoms with Crippen LogP contribution >= 0.6 is 0 Å². The lowest BCUT2D eigenvalue weighted by Crippen LogP contribution is -2.10. The van der Waals surface area contributed by atoms with Gasteiger partial charge in [-0.15, -0.1) is 0 Å². The molecule has 0 radical (unpaired) electrons. The van der Waals surface area contributed by atoms with Crippen molar-refractivity contribution < 1.29 is 23.1 Å². The molecule has 0 atom stereocenters. The van der Waals surface area contributed by atoms with E-state index in [9.17, 15) is 18.0 Å². The van der Waals surface area contributed by atoms with E-state index in [1.165, 1.54) is 12.1 Å². The molecule has 1 rings (SSSR count). The molecule has 19 heavy (non-hydrogen) atoms. The molecule has 0 saturated heterocycles. The molecule has 104 valence electrons. The Hall–Kier alpha value is -1.85. The van der Waals surface area contributed by atoms with E-state index in [-0.39, 0.29) is 5.69 Å². The second kappa shape index (κ2) is 6.36. The van der Waals surface area contributed by atoms with Crippen molar-refractivity contribution in [3.05, 3.63) is 35.2 Å². The minimum absolute atomic E-state index is 0.272. The van der Waals surface area contributed by atoms with Gasteiger partial charge in [0.1, 0.15) is 5.69 Å².